The van der Waals surface area contributed by atoms with Crippen LogP contribution in [0.25, 0.3) is 6.08 Å². The smallest absolute Gasteiger partial charge is 0.243 e. The molecule has 0 atom stereocenters. The molecule has 1 aliphatic heterocycles. The summed E-state index contributed by atoms with van der Waals surface area (Å²) in [5, 5.41) is 3.34. The molecule has 0 saturated carbocycles. The van der Waals surface area contributed by atoms with Gasteiger partial charge in [0.05, 0.1) is 4.90 Å². The molecule has 132 valence electrons. The Labute approximate surface area is 150 Å². The zero-order valence-corrected chi connectivity index (χ0v) is 15.1. The van der Waals surface area contributed by atoms with Crippen molar-refractivity contribution in [3.8, 4) is 0 Å². The van der Waals surface area contributed by atoms with Crippen molar-refractivity contribution in [2.45, 2.75) is 24.3 Å². The first-order chi connectivity index (χ1) is 12.2. The summed E-state index contributed by atoms with van der Waals surface area (Å²) >= 11 is 0. The van der Waals surface area contributed by atoms with Gasteiger partial charge in [-0.2, -0.15) is 4.31 Å². The predicted molar refractivity (Wildman–Crippen MR) is 102 cm³/mol. The Morgan fingerprint density at radius 3 is 2.32 bits per heavy atom. The maximum atomic E-state index is 12.5. The van der Waals surface area contributed by atoms with Crippen molar-refractivity contribution in [3.63, 3.8) is 0 Å². The average Bonchev–Trinajstić information content (AvgIpc) is 3.18. The second-order valence-electron chi connectivity index (χ2n) is 6.20. The second-order valence-corrected chi connectivity index (χ2v) is 8.14. The fourth-order valence-electron chi connectivity index (χ4n) is 2.92. The lowest BCUT2D eigenvalue weighted by Gasteiger charge is -2.15. The second kappa shape index (κ2) is 8.43. The molecular formula is C20H24N2O2S. The van der Waals surface area contributed by atoms with Gasteiger partial charge in [-0.1, -0.05) is 54.6 Å². The number of rotatable bonds is 7. The van der Waals surface area contributed by atoms with E-state index in [9.17, 15) is 8.42 Å². The molecule has 5 heteroatoms. The van der Waals surface area contributed by atoms with Crippen molar-refractivity contribution < 1.29 is 8.42 Å². The number of hydrogen-bond donors (Lipinski definition) is 1. The van der Waals surface area contributed by atoms with E-state index in [1.54, 1.807) is 16.4 Å². The summed E-state index contributed by atoms with van der Waals surface area (Å²) in [6.07, 6.45) is 6.08. The van der Waals surface area contributed by atoms with Crippen LogP contribution in [0.1, 0.15) is 24.0 Å². The standard InChI is InChI=1S/C20H24N2O2S/c23-25(24,22-15-4-5-16-22)20-12-10-19(11-13-20)17-21-14-6-9-18-7-2-1-3-8-18/h1-3,6-13,21H,4-5,14-17H2/b9-6+. The first-order valence-electron chi connectivity index (χ1n) is 8.68. The molecule has 0 spiro atoms. The van der Waals surface area contributed by atoms with Crippen LogP contribution in [0.4, 0.5) is 0 Å². The van der Waals surface area contributed by atoms with Crippen LogP contribution >= 0.6 is 0 Å². The van der Waals surface area contributed by atoms with E-state index in [-0.39, 0.29) is 0 Å². The zero-order valence-electron chi connectivity index (χ0n) is 14.3. The topological polar surface area (TPSA) is 49.4 Å². The average molecular weight is 356 g/mol. The summed E-state index contributed by atoms with van der Waals surface area (Å²) in [7, 11) is -3.31. The van der Waals surface area contributed by atoms with Crippen molar-refractivity contribution in [2.24, 2.45) is 0 Å². The van der Waals surface area contributed by atoms with Crippen LogP contribution < -0.4 is 5.32 Å². The third-order valence-electron chi connectivity index (χ3n) is 4.33. The monoisotopic (exact) mass is 356 g/mol. The SMILES string of the molecule is O=S(=O)(c1ccc(CNC/C=C/c2ccccc2)cc1)N1CCCC1. The largest absolute Gasteiger partial charge is 0.309 e. The first-order valence-corrected chi connectivity index (χ1v) is 10.1. The van der Waals surface area contributed by atoms with Crippen molar-refractivity contribution in [1.29, 1.82) is 0 Å². The van der Waals surface area contributed by atoms with Gasteiger partial charge in [-0.15, -0.1) is 0 Å². The molecule has 4 nitrogen and oxygen atoms in total. The molecule has 0 amide bonds. The van der Waals surface area contributed by atoms with Crippen LogP contribution in [0, 0.1) is 0 Å². The van der Waals surface area contributed by atoms with E-state index in [1.807, 2.05) is 30.3 Å². The van der Waals surface area contributed by atoms with Crippen LogP contribution in [0.3, 0.4) is 0 Å². The van der Waals surface area contributed by atoms with Crippen molar-refractivity contribution in [2.75, 3.05) is 19.6 Å². The third-order valence-corrected chi connectivity index (χ3v) is 6.24. The summed E-state index contributed by atoms with van der Waals surface area (Å²) in [4.78, 5) is 0.391. The van der Waals surface area contributed by atoms with E-state index >= 15 is 0 Å². The summed E-state index contributed by atoms with van der Waals surface area (Å²) in [6.45, 7) is 2.75. The molecule has 1 saturated heterocycles. The Kier molecular flexibility index (Phi) is 6.02. The Morgan fingerprint density at radius 2 is 1.64 bits per heavy atom. The lowest BCUT2D eigenvalue weighted by molar-refractivity contribution is 0.477. The minimum atomic E-state index is -3.31. The molecule has 1 aliphatic rings. The highest BCUT2D eigenvalue weighted by molar-refractivity contribution is 7.89. The molecule has 0 aromatic heterocycles. The predicted octanol–water partition coefficient (Wildman–Crippen LogP) is 3.27. The van der Waals surface area contributed by atoms with Crippen LogP contribution in [-0.2, 0) is 16.6 Å². The highest BCUT2D eigenvalue weighted by Gasteiger charge is 2.26. The molecule has 2 aromatic carbocycles. The van der Waals surface area contributed by atoms with E-state index in [2.05, 4.69) is 29.6 Å². The summed E-state index contributed by atoms with van der Waals surface area (Å²) in [5.41, 5.74) is 2.26. The molecule has 0 aliphatic carbocycles. The van der Waals surface area contributed by atoms with Crippen molar-refractivity contribution in [1.82, 2.24) is 9.62 Å². The van der Waals surface area contributed by atoms with Crippen LogP contribution in [-0.4, -0.2) is 32.4 Å². The van der Waals surface area contributed by atoms with E-state index < -0.39 is 10.0 Å². The Balaban J connectivity index is 1.50. The molecule has 0 unspecified atom stereocenters. The van der Waals surface area contributed by atoms with Crippen LogP contribution in [0.15, 0.2) is 65.6 Å². The van der Waals surface area contributed by atoms with Crippen LogP contribution in [0.2, 0.25) is 0 Å². The summed E-state index contributed by atoms with van der Waals surface area (Å²) in [6, 6.07) is 17.4. The fraction of sp³-hybridized carbons (Fsp3) is 0.300. The highest BCUT2D eigenvalue weighted by atomic mass is 32.2. The molecule has 1 fully saturated rings. The van der Waals surface area contributed by atoms with Crippen molar-refractivity contribution >= 4 is 16.1 Å². The minimum Gasteiger partial charge on any atom is -0.309 e. The van der Waals surface area contributed by atoms with Gasteiger partial charge < -0.3 is 5.32 Å². The first kappa shape index (κ1) is 17.9. The van der Waals surface area contributed by atoms with Gasteiger partial charge in [0.2, 0.25) is 10.0 Å². The number of nitrogens with one attached hydrogen (secondary N) is 1. The zero-order chi connectivity index (χ0) is 17.5. The van der Waals surface area contributed by atoms with Gasteiger partial charge in [0.25, 0.3) is 0 Å². The van der Waals surface area contributed by atoms with E-state index in [0.29, 0.717) is 24.5 Å². The van der Waals surface area contributed by atoms with Crippen LogP contribution in [0.5, 0.6) is 0 Å². The highest BCUT2D eigenvalue weighted by Crippen LogP contribution is 2.21. The quantitative estimate of drug-likeness (QED) is 0.775. The molecule has 2 aromatic rings. The molecule has 1 heterocycles. The van der Waals surface area contributed by atoms with Gasteiger partial charge in [0.15, 0.2) is 0 Å². The number of hydrogen-bond acceptors (Lipinski definition) is 3. The van der Waals surface area contributed by atoms with E-state index in [0.717, 1.165) is 24.9 Å². The van der Waals surface area contributed by atoms with Gasteiger partial charge in [-0.05, 0) is 36.1 Å². The van der Waals surface area contributed by atoms with Gasteiger partial charge in [0.1, 0.15) is 0 Å². The van der Waals surface area contributed by atoms with E-state index in [1.165, 1.54) is 5.56 Å². The maximum Gasteiger partial charge on any atom is 0.243 e. The maximum absolute atomic E-state index is 12.5. The molecule has 3 rings (SSSR count). The molecule has 0 radical (unpaired) electrons. The fourth-order valence-corrected chi connectivity index (χ4v) is 4.43. The Bertz CT molecular complexity index is 793. The molecule has 1 N–H and O–H groups in total. The Morgan fingerprint density at radius 1 is 0.960 bits per heavy atom. The molecule has 25 heavy (non-hydrogen) atoms. The Hall–Kier alpha value is -1.95. The molecular weight excluding hydrogens is 332 g/mol. The van der Waals surface area contributed by atoms with E-state index in [4.69, 9.17) is 0 Å². The van der Waals surface area contributed by atoms with Gasteiger partial charge in [-0.3, -0.25) is 0 Å². The lowest BCUT2D eigenvalue weighted by atomic mass is 10.2. The molecule has 0 bridgehead atoms. The van der Waals surface area contributed by atoms with Gasteiger partial charge >= 0.3 is 0 Å². The van der Waals surface area contributed by atoms with Gasteiger partial charge in [-0.25, -0.2) is 8.42 Å². The number of sulfonamides is 1. The minimum absolute atomic E-state index is 0.391. The normalized spacial score (nSPS) is 15.8. The number of benzene rings is 2. The third kappa shape index (κ3) is 4.78. The summed E-state index contributed by atoms with van der Waals surface area (Å²) in [5.74, 6) is 0. The van der Waals surface area contributed by atoms with Crippen molar-refractivity contribution in [3.05, 3.63) is 71.8 Å². The number of nitrogens with zero attached hydrogens (tertiary/aromatic N) is 1. The summed E-state index contributed by atoms with van der Waals surface area (Å²) < 4.78 is 26.5. The lowest BCUT2D eigenvalue weighted by Crippen LogP contribution is -2.27. The van der Waals surface area contributed by atoms with Gasteiger partial charge in [0, 0.05) is 26.2 Å².